The molecule has 12 heavy (non-hydrogen) atoms. The molecule has 0 aromatic carbocycles. The number of H-pyrrole nitrogens is 1. The normalized spacial score (nSPS) is 10.3. The van der Waals surface area contributed by atoms with Crippen LogP contribution in [0.25, 0.3) is 11.0 Å². The van der Waals surface area contributed by atoms with Crippen molar-refractivity contribution in [3.63, 3.8) is 0 Å². The van der Waals surface area contributed by atoms with E-state index in [-0.39, 0.29) is 7.12 Å². The zero-order valence-corrected chi connectivity index (χ0v) is 6.11. The van der Waals surface area contributed by atoms with Crippen molar-refractivity contribution in [2.45, 2.75) is 0 Å². The second-order valence-electron chi connectivity index (χ2n) is 2.43. The topological polar surface area (TPSA) is 66.0 Å². The summed E-state index contributed by atoms with van der Waals surface area (Å²) >= 11 is 0. The van der Waals surface area contributed by atoms with Gasteiger partial charge in [0.2, 0.25) is 0 Å². The molecule has 2 rings (SSSR count). The summed E-state index contributed by atoms with van der Waals surface area (Å²) in [5, 5.41) is 9.44. The van der Waals surface area contributed by atoms with Gasteiger partial charge in [-0.05, 0) is 18.2 Å². The smallest absolute Gasteiger partial charge is 0.352 e. The van der Waals surface area contributed by atoms with Crippen LogP contribution in [-0.2, 0) is 0 Å². The molecule has 0 bridgehead atoms. The molecule has 0 fully saturated rings. The number of aromatic amines is 1. The first-order valence-electron chi connectivity index (χ1n) is 3.44. The van der Waals surface area contributed by atoms with Gasteiger partial charge in [-0.25, -0.2) is 9.78 Å². The molecule has 0 unspecified atom stereocenters. The van der Waals surface area contributed by atoms with Gasteiger partial charge in [-0.2, -0.15) is 0 Å². The van der Waals surface area contributed by atoms with E-state index in [0.29, 0.717) is 5.65 Å². The zero-order valence-electron chi connectivity index (χ0n) is 6.11. The number of nitrogens with one attached hydrogen (secondary N) is 1. The average Bonchev–Trinajstić information content (AvgIpc) is 2.46. The van der Waals surface area contributed by atoms with E-state index in [4.69, 9.17) is 5.11 Å². The van der Waals surface area contributed by atoms with Gasteiger partial charge in [0.05, 0.1) is 0 Å². The fourth-order valence-electron chi connectivity index (χ4n) is 1.07. The van der Waals surface area contributed by atoms with Crippen LogP contribution in [0.15, 0.2) is 24.4 Å². The lowest BCUT2D eigenvalue weighted by molar-refractivity contribution is 0.0691. The highest BCUT2D eigenvalue weighted by molar-refractivity contribution is 5.92. The molecule has 2 aromatic heterocycles. The maximum Gasteiger partial charge on any atom is 0.352 e. The van der Waals surface area contributed by atoms with Crippen molar-refractivity contribution in [2.24, 2.45) is 0 Å². The van der Waals surface area contributed by atoms with Gasteiger partial charge in [0.15, 0.2) is 0 Å². The van der Waals surface area contributed by atoms with E-state index in [0.717, 1.165) is 5.39 Å². The maximum atomic E-state index is 10.5. The second-order valence-corrected chi connectivity index (χ2v) is 2.43. The van der Waals surface area contributed by atoms with E-state index in [1.807, 2.05) is 6.07 Å². The SMILES string of the molecule is O=C(O)c1cc2cccnc2[nH]1.[HH]. The Labute approximate surface area is 69.3 Å². The molecule has 0 spiro atoms. The van der Waals surface area contributed by atoms with Crippen molar-refractivity contribution in [1.29, 1.82) is 0 Å². The molecule has 0 aliphatic carbocycles. The molecule has 0 aliphatic rings. The fraction of sp³-hybridized carbons (Fsp3) is 0. The lowest BCUT2D eigenvalue weighted by Gasteiger charge is -1.83. The Morgan fingerprint density at radius 1 is 1.67 bits per heavy atom. The molecule has 2 heterocycles. The van der Waals surface area contributed by atoms with Gasteiger partial charge in [-0.1, -0.05) is 0 Å². The van der Waals surface area contributed by atoms with E-state index < -0.39 is 5.97 Å². The Bertz CT molecular complexity index is 405. The number of hydrogen-bond donors (Lipinski definition) is 2. The van der Waals surface area contributed by atoms with E-state index >= 15 is 0 Å². The molecule has 0 atom stereocenters. The summed E-state index contributed by atoms with van der Waals surface area (Å²) < 4.78 is 0. The van der Waals surface area contributed by atoms with Crippen molar-refractivity contribution in [2.75, 3.05) is 0 Å². The number of hydrogen-bond acceptors (Lipinski definition) is 2. The van der Waals surface area contributed by atoms with Crippen molar-refractivity contribution in [3.8, 4) is 0 Å². The number of carbonyl (C=O) groups is 1. The zero-order chi connectivity index (χ0) is 8.55. The summed E-state index contributed by atoms with van der Waals surface area (Å²) in [7, 11) is 0. The first-order chi connectivity index (χ1) is 5.77. The molecule has 0 saturated heterocycles. The third-order valence-electron chi connectivity index (χ3n) is 1.62. The summed E-state index contributed by atoms with van der Waals surface area (Å²) in [5.74, 6) is -0.965. The average molecular weight is 164 g/mol. The molecule has 62 valence electrons. The van der Waals surface area contributed by atoms with E-state index in [1.165, 1.54) is 0 Å². The summed E-state index contributed by atoms with van der Waals surface area (Å²) in [6.45, 7) is 0. The number of pyridine rings is 1. The minimum atomic E-state index is -0.965. The highest BCUT2D eigenvalue weighted by atomic mass is 16.4. The molecule has 0 saturated carbocycles. The standard InChI is InChI=1S/C8H6N2O2.H2/c11-8(12)6-4-5-2-1-3-9-7(5)10-6;/h1-4H,(H,9,10)(H,11,12);1H. The van der Waals surface area contributed by atoms with E-state index in [2.05, 4.69) is 9.97 Å². The highest BCUT2D eigenvalue weighted by Gasteiger charge is 2.06. The Kier molecular flexibility index (Phi) is 1.33. The lowest BCUT2D eigenvalue weighted by Crippen LogP contribution is -1.94. The van der Waals surface area contributed by atoms with Crippen LogP contribution in [0.4, 0.5) is 0 Å². The number of fused-ring (bicyclic) bond motifs is 1. The van der Waals surface area contributed by atoms with Crippen LogP contribution in [0.1, 0.15) is 11.9 Å². The predicted molar refractivity (Wildman–Crippen MR) is 45.2 cm³/mol. The van der Waals surface area contributed by atoms with Gasteiger partial charge in [0.1, 0.15) is 11.3 Å². The van der Waals surface area contributed by atoms with Crippen LogP contribution in [0.5, 0.6) is 0 Å². The Hall–Kier alpha value is -1.84. The molecular weight excluding hydrogens is 156 g/mol. The highest BCUT2D eigenvalue weighted by Crippen LogP contribution is 2.11. The van der Waals surface area contributed by atoms with E-state index in [9.17, 15) is 4.79 Å². The van der Waals surface area contributed by atoms with Gasteiger partial charge in [-0.3, -0.25) is 0 Å². The summed E-state index contributed by atoms with van der Waals surface area (Å²) in [4.78, 5) is 17.2. The maximum absolute atomic E-state index is 10.5. The molecule has 0 amide bonds. The summed E-state index contributed by atoms with van der Waals surface area (Å²) in [6, 6.07) is 5.14. The summed E-state index contributed by atoms with van der Waals surface area (Å²) in [5.41, 5.74) is 0.776. The van der Waals surface area contributed by atoms with Crippen molar-refractivity contribution in [3.05, 3.63) is 30.1 Å². The quantitative estimate of drug-likeness (QED) is 0.671. The van der Waals surface area contributed by atoms with Crippen molar-refractivity contribution >= 4 is 17.0 Å². The van der Waals surface area contributed by atoms with E-state index in [1.54, 1.807) is 18.3 Å². The van der Waals surface area contributed by atoms with Crippen molar-refractivity contribution in [1.82, 2.24) is 9.97 Å². The van der Waals surface area contributed by atoms with Gasteiger partial charge in [-0.15, -0.1) is 0 Å². The lowest BCUT2D eigenvalue weighted by atomic mass is 10.3. The Balaban J connectivity index is 0.000000845. The summed E-state index contributed by atoms with van der Waals surface area (Å²) in [6.07, 6.45) is 1.62. The minimum Gasteiger partial charge on any atom is -0.477 e. The van der Waals surface area contributed by atoms with Crippen molar-refractivity contribution < 1.29 is 11.3 Å². The molecule has 2 aromatic rings. The largest absolute Gasteiger partial charge is 0.477 e. The van der Waals surface area contributed by atoms with Gasteiger partial charge in [0.25, 0.3) is 0 Å². The minimum absolute atomic E-state index is 0. The third kappa shape index (κ3) is 0.934. The van der Waals surface area contributed by atoms with Gasteiger partial charge >= 0.3 is 5.97 Å². The first-order valence-corrected chi connectivity index (χ1v) is 3.44. The first kappa shape index (κ1) is 6.84. The van der Waals surface area contributed by atoms with Gasteiger partial charge < -0.3 is 10.1 Å². The molecular formula is C8H8N2O2. The Morgan fingerprint density at radius 3 is 3.17 bits per heavy atom. The molecule has 4 nitrogen and oxygen atoms in total. The number of rotatable bonds is 1. The second kappa shape index (κ2) is 2.34. The molecule has 2 N–H and O–H groups in total. The fourth-order valence-corrected chi connectivity index (χ4v) is 1.07. The number of carboxylic acid groups (broad SMARTS) is 1. The van der Waals surface area contributed by atoms with Crippen LogP contribution in [-0.4, -0.2) is 21.0 Å². The number of nitrogens with zero attached hydrogens (tertiary/aromatic N) is 1. The van der Waals surface area contributed by atoms with Crippen LogP contribution < -0.4 is 0 Å². The molecule has 4 heteroatoms. The predicted octanol–water partition coefficient (Wildman–Crippen LogP) is 1.51. The number of aromatic carboxylic acids is 1. The van der Waals surface area contributed by atoms with Crippen LogP contribution >= 0.6 is 0 Å². The number of carboxylic acids is 1. The third-order valence-corrected chi connectivity index (χ3v) is 1.62. The van der Waals surface area contributed by atoms with Crippen LogP contribution in [0.3, 0.4) is 0 Å². The van der Waals surface area contributed by atoms with Crippen LogP contribution in [0, 0.1) is 0 Å². The van der Waals surface area contributed by atoms with Gasteiger partial charge in [0, 0.05) is 13.0 Å². The molecule has 0 aliphatic heterocycles. The van der Waals surface area contributed by atoms with Crippen LogP contribution in [0.2, 0.25) is 0 Å². The monoisotopic (exact) mass is 164 g/mol. The molecule has 0 radical (unpaired) electrons. The number of aromatic nitrogens is 2. The Morgan fingerprint density at radius 2 is 2.50 bits per heavy atom.